The zero-order valence-electron chi connectivity index (χ0n) is 17.0. The van der Waals surface area contributed by atoms with E-state index in [0.717, 1.165) is 57.3 Å². The van der Waals surface area contributed by atoms with Gasteiger partial charge >= 0.3 is 0 Å². The molecule has 0 bridgehead atoms. The summed E-state index contributed by atoms with van der Waals surface area (Å²) in [5.74, 6) is 2.22. The number of ether oxygens (including phenoxy) is 3. The molecule has 1 aliphatic rings. The van der Waals surface area contributed by atoms with Gasteiger partial charge in [0.15, 0.2) is 5.96 Å². The fourth-order valence-corrected chi connectivity index (χ4v) is 2.79. The first kappa shape index (κ1) is 21.5. The van der Waals surface area contributed by atoms with E-state index >= 15 is 0 Å². The van der Waals surface area contributed by atoms with Crippen LogP contribution >= 0.6 is 0 Å². The number of hydrogen-bond donors (Lipinski definition) is 2. The van der Waals surface area contributed by atoms with Crippen molar-refractivity contribution in [2.24, 2.45) is 10.9 Å². The highest BCUT2D eigenvalue weighted by Crippen LogP contribution is 2.14. The molecule has 2 rings (SSSR count). The quantitative estimate of drug-likeness (QED) is 0.353. The monoisotopic (exact) mass is 377 g/mol. The highest BCUT2D eigenvalue weighted by atomic mass is 16.5. The van der Waals surface area contributed by atoms with Crippen LogP contribution < -0.4 is 15.4 Å². The van der Waals surface area contributed by atoms with Gasteiger partial charge in [0.05, 0.1) is 19.3 Å². The van der Waals surface area contributed by atoms with E-state index in [-0.39, 0.29) is 0 Å². The maximum atomic E-state index is 5.78. The zero-order valence-corrected chi connectivity index (χ0v) is 17.0. The predicted molar refractivity (Wildman–Crippen MR) is 109 cm³/mol. The molecule has 1 aromatic carbocycles. The molecule has 6 heteroatoms. The van der Waals surface area contributed by atoms with Crippen molar-refractivity contribution in [2.45, 2.75) is 45.8 Å². The van der Waals surface area contributed by atoms with Crippen molar-refractivity contribution < 1.29 is 14.2 Å². The first-order chi connectivity index (χ1) is 13.2. The Hall–Kier alpha value is -1.79. The van der Waals surface area contributed by atoms with Crippen LogP contribution in [0.2, 0.25) is 0 Å². The summed E-state index contributed by atoms with van der Waals surface area (Å²) in [6, 6.07) is 8.17. The smallest absolute Gasteiger partial charge is 0.191 e. The van der Waals surface area contributed by atoms with Crippen molar-refractivity contribution in [3.8, 4) is 5.75 Å². The zero-order chi connectivity index (χ0) is 19.3. The van der Waals surface area contributed by atoms with Gasteiger partial charge < -0.3 is 24.8 Å². The molecule has 1 unspecified atom stereocenters. The Kier molecular flexibility index (Phi) is 10.0. The summed E-state index contributed by atoms with van der Waals surface area (Å²) in [6.45, 7) is 8.88. The SMILES string of the molecule is CN=C(NCCCOCC1CCCO1)NCc1cccc(OCC(C)C)c1. The largest absolute Gasteiger partial charge is 0.493 e. The van der Waals surface area contributed by atoms with Crippen LogP contribution in [-0.4, -0.2) is 52.1 Å². The minimum Gasteiger partial charge on any atom is -0.493 e. The fraction of sp³-hybridized carbons (Fsp3) is 0.667. The molecule has 1 atom stereocenters. The highest BCUT2D eigenvalue weighted by Gasteiger charge is 2.14. The average Bonchev–Trinajstić information content (AvgIpc) is 3.19. The lowest BCUT2D eigenvalue weighted by molar-refractivity contribution is 0.0168. The average molecular weight is 378 g/mol. The Balaban J connectivity index is 1.60. The summed E-state index contributed by atoms with van der Waals surface area (Å²) >= 11 is 0. The number of hydrogen-bond acceptors (Lipinski definition) is 4. The molecule has 0 amide bonds. The van der Waals surface area contributed by atoms with Crippen LogP contribution in [0.4, 0.5) is 0 Å². The molecule has 0 aromatic heterocycles. The number of benzene rings is 1. The van der Waals surface area contributed by atoms with Crippen molar-refractivity contribution >= 4 is 5.96 Å². The lowest BCUT2D eigenvalue weighted by Crippen LogP contribution is -2.37. The molecule has 2 N–H and O–H groups in total. The third kappa shape index (κ3) is 9.11. The molecular formula is C21H35N3O3. The summed E-state index contributed by atoms with van der Waals surface area (Å²) in [5.41, 5.74) is 1.17. The van der Waals surface area contributed by atoms with E-state index in [1.807, 2.05) is 12.1 Å². The van der Waals surface area contributed by atoms with Crippen LogP contribution in [0.5, 0.6) is 5.75 Å². The van der Waals surface area contributed by atoms with E-state index in [4.69, 9.17) is 14.2 Å². The minimum absolute atomic E-state index is 0.299. The van der Waals surface area contributed by atoms with E-state index in [2.05, 4.69) is 41.6 Å². The molecule has 0 radical (unpaired) electrons. The summed E-state index contributed by atoms with van der Waals surface area (Å²) in [7, 11) is 1.78. The summed E-state index contributed by atoms with van der Waals surface area (Å²) in [5, 5.41) is 6.66. The predicted octanol–water partition coefficient (Wildman–Crippen LogP) is 2.97. The number of aliphatic imine (C=N–C) groups is 1. The van der Waals surface area contributed by atoms with Crippen LogP contribution in [0.25, 0.3) is 0 Å². The van der Waals surface area contributed by atoms with E-state index in [1.54, 1.807) is 7.05 Å². The van der Waals surface area contributed by atoms with Crippen molar-refractivity contribution in [2.75, 3.05) is 40.0 Å². The van der Waals surface area contributed by atoms with Crippen LogP contribution in [-0.2, 0) is 16.0 Å². The molecule has 0 spiro atoms. The van der Waals surface area contributed by atoms with E-state index < -0.39 is 0 Å². The lowest BCUT2D eigenvalue weighted by atomic mass is 10.2. The van der Waals surface area contributed by atoms with Gasteiger partial charge in [-0.3, -0.25) is 4.99 Å². The molecular weight excluding hydrogens is 342 g/mol. The normalized spacial score (nSPS) is 17.3. The first-order valence-corrected chi connectivity index (χ1v) is 10.0. The Labute approximate surface area is 163 Å². The van der Waals surface area contributed by atoms with Crippen LogP contribution in [0.1, 0.15) is 38.7 Å². The molecule has 6 nitrogen and oxygen atoms in total. The Morgan fingerprint density at radius 2 is 2.22 bits per heavy atom. The molecule has 0 aliphatic carbocycles. The minimum atomic E-state index is 0.299. The summed E-state index contributed by atoms with van der Waals surface area (Å²) in [4.78, 5) is 4.27. The van der Waals surface area contributed by atoms with Gasteiger partial charge in [0.2, 0.25) is 0 Å². The number of nitrogens with one attached hydrogen (secondary N) is 2. The maximum absolute atomic E-state index is 5.78. The van der Waals surface area contributed by atoms with Gasteiger partial charge in [-0.25, -0.2) is 0 Å². The van der Waals surface area contributed by atoms with E-state index in [1.165, 1.54) is 5.56 Å². The Bertz CT molecular complexity index is 557. The second kappa shape index (κ2) is 12.6. The maximum Gasteiger partial charge on any atom is 0.191 e. The molecule has 1 aliphatic heterocycles. The summed E-state index contributed by atoms with van der Waals surface area (Å²) in [6.07, 6.45) is 3.52. The summed E-state index contributed by atoms with van der Waals surface area (Å²) < 4.78 is 17.0. The van der Waals surface area contributed by atoms with Gasteiger partial charge in [-0.2, -0.15) is 0 Å². The van der Waals surface area contributed by atoms with E-state index in [0.29, 0.717) is 25.2 Å². The number of nitrogens with zero attached hydrogens (tertiary/aromatic N) is 1. The van der Waals surface area contributed by atoms with Crippen LogP contribution in [0.3, 0.4) is 0 Å². The topological polar surface area (TPSA) is 64.1 Å². The third-order valence-electron chi connectivity index (χ3n) is 4.25. The third-order valence-corrected chi connectivity index (χ3v) is 4.25. The lowest BCUT2D eigenvalue weighted by Gasteiger charge is -2.14. The van der Waals surface area contributed by atoms with Gasteiger partial charge in [-0.05, 0) is 42.9 Å². The fourth-order valence-electron chi connectivity index (χ4n) is 2.79. The number of rotatable bonds is 11. The van der Waals surface area contributed by atoms with Crippen molar-refractivity contribution in [3.05, 3.63) is 29.8 Å². The van der Waals surface area contributed by atoms with Gasteiger partial charge in [-0.15, -0.1) is 0 Å². The molecule has 1 aromatic rings. The molecule has 1 heterocycles. The van der Waals surface area contributed by atoms with Crippen molar-refractivity contribution in [1.29, 1.82) is 0 Å². The molecule has 152 valence electrons. The number of guanidine groups is 1. The molecule has 1 fully saturated rings. The second-order valence-electron chi connectivity index (χ2n) is 7.27. The van der Waals surface area contributed by atoms with E-state index in [9.17, 15) is 0 Å². The van der Waals surface area contributed by atoms with Gasteiger partial charge in [0, 0.05) is 33.4 Å². The molecule has 1 saturated heterocycles. The van der Waals surface area contributed by atoms with Gasteiger partial charge in [0.1, 0.15) is 5.75 Å². The van der Waals surface area contributed by atoms with Gasteiger partial charge in [0.25, 0.3) is 0 Å². The Morgan fingerprint density at radius 1 is 1.33 bits per heavy atom. The van der Waals surface area contributed by atoms with Crippen molar-refractivity contribution in [1.82, 2.24) is 10.6 Å². The van der Waals surface area contributed by atoms with Gasteiger partial charge in [-0.1, -0.05) is 26.0 Å². The highest BCUT2D eigenvalue weighted by molar-refractivity contribution is 5.79. The first-order valence-electron chi connectivity index (χ1n) is 10.0. The van der Waals surface area contributed by atoms with Crippen LogP contribution in [0.15, 0.2) is 29.3 Å². The molecule has 0 saturated carbocycles. The van der Waals surface area contributed by atoms with Crippen LogP contribution in [0, 0.1) is 5.92 Å². The van der Waals surface area contributed by atoms with Crippen molar-refractivity contribution in [3.63, 3.8) is 0 Å². The standard InChI is InChI=1S/C21H35N3O3/c1-17(2)15-27-19-8-4-7-18(13-19)14-24-21(22-3)23-10-6-11-25-16-20-9-5-12-26-20/h4,7-8,13,17,20H,5-6,9-12,14-16H2,1-3H3,(H2,22,23,24). The molecule has 27 heavy (non-hydrogen) atoms. The second-order valence-corrected chi connectivity index (χ2v) is 7.27. The Morgan fingerprint density at radius 3 is 2.96 bits per heavy atom.